The number of aromatic nitrogens is 1. The number of allylic oxidation sites excluding steroid dienone is 6. The summed E-state index contributed by atoms with van der Waals surface area (Å²) in [6.45, 7) is 5.28. The molecular formula is C42H33N3S. The standard InChI is InChI=1S/C42H33N3S/c1-30-36(17-7-5-13-32-14-6-10-20-41(32)46-30)31-22-24-34(25-23-31)44(42-21-11-12-28-43-42)35-26-27-40-38(29-35)37-18-8-9-19-39(37)45(40)33-15-3-2-4-16-33/h2-12,14-27,29,43H,1,13,28H2/b7-5-,36-17+. The highest BCUT2D eigenvalue weighted by Crippen LogP contribution is 2.41. The fourth-order valence-corrected chi connectivity index (χ4v) is 7.44. The highest BCUT2D eigenvalue weighted by molar-refractivity contribution is 8.03. The topological polar surface area (TPSA) is 20.2 Å². The molecule has 0 unspecified atom stereocenters. The number of dihydropyridines is 1. The zero-order chi connectivity index (χ0) is 30.9. The van der Waals surface area contributed by atoms with Gasteiger partial charge in [0.2, 0.25) is 0 Å². The smallest absolute Gasteiger partial charge is 0.111 e. The number of rotatable bonds is 5. The van der Waals surface area contributed by atoms with Crippen molar-refractivity contribution < 1.29 is 0 Å². The summed E-state index contributed by atoms with van der Waals surface area (Å²) >= 11 is 1.75. The Hall–Kier alpha value is -5.45. The van der Waals surface area contributed by atoms with Crippen LogP contribution in [0.5, 0.6) is 0 Å². The van der Waals surface area contributed by atoms with Gasteiger partial charge in [0, 0.05) is 44.2 Å². The first-order chi connectivity index (χ1) is 22.7. The molecule has 4 heteroatoms. The molecule has 1 aromatic heterocycles. The van der Waals surface area contributed by atoms with E-state index in [-0.39, 0.29) is 0 Å². The van der Waals surface area contributed by atoms with Crippen LogP contribution in [0.15, 0.2) is 180 Å². The van der Waals surface area contributed by atoms with Crippen LogP contribution in [0.1, 0.15) is 11.1 Å². The number of anilines is 2. The molecule has 0 amide bonds. The van der Waals surface area contributed by atoms with Crippen LogP contribution in [0, 0.1) is 0 Å². The van der Waals surface area contributed by atoms with Crippen LogP contribution in [0.4, 0.5) is 11.4 Å². The molecule has 0 aliphatic carbocycles. The van der Waals surface area contributed by atoms with Gasteiger partial charge < -0.3 is 9.88 Å². The predicted molar refractivity (Wildman–Crippen MR) is 197 cm³/mol. The Labute approximate surface area is 274 Å². The zero-order valence-electron chi connectivity index (χ0n) is 25.4. The van der Waals surface area contributed by atoms with Gasteiger partial charge in [0.15, 0.2) is 0 Å². The third-order valence-electron chi connectivity index (χ3n) is 8.64. The first-order valence-corrected chi connectivity index (χ1v) is 16.5. The van der Waals surface area contributed by atoms with Crippen LogP contribution in [-0.2, 0) is 6.42 Å². The average Bonchev–Trinajstić information content (AvgIpc) is 3.47. The van der Waals surface area contributed by atoms with E-state index in [9.17, 15) is 0 Å². The lowest BCUT2D eigenvalue weighted by Crippen LogP contribution is -2.29. The van der Waals surface area contributed by atoms with E-state index in [1.807, 2.05) is 0 Å². The SMILES string of the molecule is C=C1Sc2ccccc2C/C=C\C=C/1c1ccc(N(C2=CC=CCN2)c2ccc3c(c2)c2ccccc2n3-c2ccccc2)cc1. The third-order valence-corrected chi connectivity index (χ3v) is 9.72. The Morgan fingerprint density at radius 3 is 2.26 bits per heavy atom. The van der Waals surface area contributed by atoms with E-state index in [1.165, 1.54) is 32.3 Å². The van der Waals surface area contributed by atoms with Crippen LogP contribution in [0.3, 0.4) is 0 Å². The minimum atomic E-state index is 0.785. The lowest BCUT2D eigenvalue weighted by molar-refractivity contribution is 0.853. The number of hydrogen-bond donors (Lipinski definition) is 1. The zero-order valence-corrected chi connectivity index (χ0v) is 26.3. The van der Waals surface area contributed by atoms with Gasteiger partial charge in [-0.15, -0.1) is 0 Å². The van der Waals surface area contributed by atoms with Crippen molar-refractivity contribution in [3.8, 4) is 5.69 Å². The van der Waals surface area contributed by atoms with E-state index in [2.05, 4.69) is 179 Å². The summed E-state index contributed by atoms with van der Waals surface area (Å²) in [5.74, 6) is 1.04. The summed E-state index contributed by atoms with van der Waals surface area (Å²) in [6, 6.07) is 43.6. The Kier molecular flexibility index (Phi) is 7.41. The second-order valence-electron chi connectivity index (χ2n) is 11.5. The lowest BCUT2D eigenvalue weighted by atomic mass is 10.0. The lowest BCUT2D eigenvalue weighted by Gasteiger charge is -2.29. The highest BCUT2D eigenvalue weighted by Gasteiger charge is 2.20. The molecular weight excluding hydrogens is 579 g/mol. The number of para-hydroxylation sites is 2. The molecule has 0 atom stereocenters. The van der Waals surface area contributed by atoms with Crippen molar-refractivity contribution in [3.05, 3.63) is 186 Å². The number of hydrogen-bond acceptors (Lipinski definition) is 3. The predicted octanol–water partition coefficient (Wildman–Crippen LogP) is 10.7. The Morgan fingerprint density at radius 2 is 1.41 bits per heavy atom. The molecule has 0 spiro atoms. The van der Waals surface area contributed by atoms with Gasteiger partial charge in [-0.1, -0.05) is 115 Å². The minimum absolute atomic E-state index is 0.785. The van der Waals surface area contributed by atoms with Gasteiger partial charge in [0.05, 0.1) is 11.0 Å². The van der Waals surface area contributed by atoms with Gasteiger partial charge >= 0.3 is 0 Å². The van der Waals surface area contributed by atoms with Crippen LogP contribution in [-0.4, -0.2) is 11.1 Å². The molecule has 0 fully saturated rings. The third kappa shape index (κ3) is 5.17. The van der Waals surface area contributed by atoms with Gasteiger partial charge in [-0.25, -0.2) is 0 Å². The maximum atomic E-state index is 4.49. The molecule has 8 rings (SSSR count). The molecule has 222 valence electrons. The second kappa shape index (κ2) is 12.2. The molecule has 0 radical (unpaired) electrons. The summed E-state index contributed by atoms with van der Waals surface area (Å²) < 4.78 is 2.36. The van der Waals surface area contributed by atoms with Gasteiger partial charge in [-0.2, -0.15) is 0 Å². The summed E-state index contributed by atoms with van der Waals surface area (Å²) in [5, 5.41) is 6.07. The monoisotopic (exact) mass is 611 g/mol. The van der Waals surface area contributed by atoms with E-state index in [0.29, 0.717) is 0 Å². The number of nitrogens with one attached hydrogen (secondary N) is 1. The van der Waals surface area contributed by atoms with Crippen molar-refractivity contribution in [2.45, 2.75) is 11.3 Å². The fraction of sp³-hybridized carbons (Fsp3) is 0.0476. The first kappa shape index (κ1) is 28.1. The summed E-state index contributed by atoms with van der Waals surface area (Å²) in [6.07, 6.45) is 13.9. The first-order valence-electron chi connectivity index (χ1n) is 15.7. The largest absolute Gasteiger partial charge is 0.368 e. The molecule has 5 aromatic carbocycles. The molecule has 2 aliphatic heterocycles. The minimum Gasteiger partial charge on any atom is -0.368 e. The quantitative estimate of drug-likeness (QED) is 0.209. The van der Waals surface area contributed by atoms with Crippen molar-refractivity contribution in [1.82, 2.24) is 9.88 Å². The van der Waals surface area contributed by atoms with Crippen LogP contribution >= 0.6 is 11.8 Å². The van der Waals surface area contributed by atoms with Gasteiger partial charge in [-0.3, -0.25) is 4.90 Å². The van der Waals surface area contributed by atoms with Crippen molar-refractivity contribution in [1.29, 1.82) is 0 Å². The van der Waals surface area contributed by atoms with Gasteiger partial charge in [0.25, 0.3) is 0 Å². The highest BCUT2D eigenvalue weighted by atomic mass is 32.2. The van der Waals surface area contributed by atoms with Gasteiger partial charge in [-0.05, 0) is 83.8 Å². The Balaban J connectivity index is 1.21. The Bertz CT molecular complexity index is 2220. The average molecular weight is 612 g/mol. The molecule has 1 N–H and O–H groups in total. The van der Waals surface area contributed by atoms with Crippen LogP contribution in [0.2, 0.25) is 0 Å². The maximum absolute atomic E-state index is 4.49. The van der Waals surface area contributed by atoms with Crippen LogP contribution in [0.25, 0.3) is 33.1 Å². The van der Waals surface area contributed by atoms with E-state index >= 15 is 0 Å². The molecule has 6 aromatic rings. The van der Waals surface area contributed by atoms with Gasteiger partial charge in [0.1, 0.15) is 5.82 Å². The fourth-order valence-electron chi connectivity index (χ4n) is 6.44. The normalized spacial score (nSPS) is 16.4. The van der Waals surface area contributed by atoms with E-state index in [1.54, 1.807) is 11.8 Å². The molecule has 46 heavy (non-hydrogen) atoms. The number of nitrogens with zero attached hydrogens (tertiary/aromatic N) is 2. The second-order valence-corrected chi connectivity index (χ2v) is 12.6. The van der Waals surface area contributed by atoms with Crippen LogP contribution < -0.4 is 10.2 Å². The molecule has 2 aliphatic rings. The number of benzene rings is 5. The number of thioether (sulfide) groups is 1. The summed E-state index contributed by atoms with van der Waals surface area (Å²) in [4.78, 5) is 4.63. The van der Waals surface area contributed by atoms with E-state index < -0.39 is 0 Å². The molecule has 3 heterocycles. The number of fused-ring (bicyclic) bond motifs is 4. The van der Waals surface area contributed by atoms with Crippen molar-refractivity contribution in [2.24, 2.45) is 0 Å². The molecule has 0 saturated carbocycles. The molecule has 3 nitrogen and oxygen atoms in total. The molecule has 0 bridgehead atoms. The van der Waals surface area contributed by atoms with Crippen molar-refractivity contribution in [3.63, 3.8) is 0 Å². The van der Waals surface area contributed by atoms with E-state index in [4.69, 9.17) is 0 Å². The Morgan fingerprint density at radius 1 is 0.674 bits per heavy atom. The van der Waals surface area contributed by atoms with E-state index in [0.717, 1.165) is 51.9 Å². The summed E-state index contributed by atoms with van der Waals surface area (Å²) in [5.41, 5.74) is 9.37. The van der Waals surface area contributed by atoms with Crippen molar-refractivity contribution in [2.75, 3.05) is 11.4 Å². The van der Waals surface area contributed by atoms with Crippen molar-refractivity contribution >= 4 is 50.5 Å². The summed E-state index contributed by atoms with van der Waals surface area (Å²) in [7, 11) is 0. The molecule has 0 saturated heterocycles. The maximum Gasteiger partial charge on any atom is 0.111 e.